The Morgan fingerprint density at radius 2 is 0.787 bits per heavy atom. The summed E-state index contributed by atoms with van der Waals surface area (Å²) in [5.74, 6) is 0.262. The second kappa shape index (κ2) is 44.0. The van der Waals surface area contributed by atoms with Crippen molar-refractivity contribution in [1.82, 2.24) is 9.80 Å². The molecule has 0 aromatic rings. The van der Waals surface area contributed by atoms with Crippen molar-refractivity contribution in [2.24, 2.45) is 11.8 Å². The average Bonchev–Trinajstić information content (AvgIpc) is 3.26. The predicted molar refractivity (Wildman–Crippen MR) is 261 cm³/mol. The van der Waals surface area contributed by atoms with Crippen LogP contribution >= 0.6 is 0 Å². The number of piperidine rings is 1. The van der Waals surface area contributed by atoms with Crippen LogP contribution in [0.25, 0.3) is 0 Å². The quantitative estimate of drug-likeness (QED) is 0.0482. The molecule has 0 radical (unpaired) electrons. The van der Waals surface area contributed by atoms with Gasteiger partial charge in [0, 0.05) is 13.1 Å². The first kappa shape index (κ1) is 57.8. The number of aliphatic hydroxyl groups excluding tert-OH is 1. The minimum Gasteiger partial charge on any atom is -0.465 e. The number of ether oxygens (including phenoxy) is 2. The van der Waals surface area contributed by atoms with Crippen molar-refractivity contribution in [2.75, 3.05) is 52.5 Å². The number of likely N-dealkylation sites (tertiary alicyclic amines) is 1. The fourth-order valence-corrected chi connectivity index (χ4v) is 9.34. The van der Waals surface area contributed by atoms with Crippen LogP contribution in [0.2, 0.25) is 0 Å². The predicted octanol–water partition coefficient (Wildman–Crippen LogP) is 14.8. The van der Waals surface area contributed by atoms with Crippen LogP contribution in [0, 0.1) is 11.8 Å². The van der Waals surface area contributed by atoms with E-state index in [9.17, 15) is 14.7 Å². The van der Waals surface area contributed by atoms with E-state index in [1.54, 1.807) is 0 Å². The Bertz CT molecular complexity index is 882. The third-order valence-corrected chi connectivity index (χ3v) is 13.4. The van der Waals surface area contributed by atoms with Gasteiger partial charge >= 0.3 is 11.9 Å². The van der Waals surface area contributed by atoms with Gasteiger partial charge in [0.1, 0.15) is 0 Å². The summed E-state index contributed by atoms with van der Waals surface area (Å²) in [6.07, 6.45) is 43.5. The number of aliphatic hydroxyl groups is 1. The molecule has 1 N–H and O–H groups in total. The molecule has 1 rings (SSSR count). The van der Waals surface area contributed by atoms with E-state index in [0.717, 1.165) is 142 Å². The Kier molecular flexibility index (Phi) is 41.8. The number of carbonyl (C=O) groups is 2. The molecule has 7 heteroatoms. The largest absolute Gasteiger partial charge is 0.465 e. The molecule has 7 nitrogen and oxygen atoms in total. The molecule has 1 aliphatic rings. The maximum atomic E-state index is 13.1. The molecule has 1 aliphatic heterocycles. The number of hydrogen-bond acceptors (Lipinski definition) is 7. The molecule has 1 fully saturated rings. The van der Waals surface area contributed by atoms with Gasteiger partial charge in [0.15, 0.2) is 0 Å². The normalized spacial score (nSPS) is 15.0. The summed E-state index contributed by atoms with van der Waals surface area (Å²) in [5.41, 5.74) is 0. The van der Waals surface area contributed by atoms with Crippen LogP contribution in [0.1, 0.15) is 265 Å². The van der Waals surface area contributed by atoms with Crippen LogP contribution in [0.4, 0.5) is 0 Å². The van der Waals surface area contributed by atoms with Crippen molar-refractivity contribution in [3.05, 3.63) is 0 Å². The van der Waals surface area contributed by atoms with Gasteiger partial charge < -0.3 is 24.4 Å². The molecule has 1 saturated heterocycles. The summed E-state index contributed by atoms with van der Waals surface area (Å²) in [5, 5.41) is 11.1. The van der Waals surface area contributed by atoms with Crippen LogP contribution in [0.5, 0.6) is 0 Å². The second-order valence-corrected chi connectivity index (χ2v) is 19.4. The summed E-state index contributed by atoms with van der Waals surface area (Å²) < 4.78 is 11.8. The van der Waals surface area contributed by atoms with Crippen molar-refractivity contribution in [2.45, 2.75) is 271 Å². The molecule has 0 saturated carbocycles. The zero-order valence-corrected chi connectivity index (χ0v) is 41.5. The molecule has 0 spiro atoms. The summed E-state index contributed by atoms with van der Waals surface area (Å²) in [4.78, 5) is 31.2. The highest BCUT2D eigenvalue weighted by molar-refractivity contribution is 5.72. The van der Waals surface area contributed by atoms with Crippen LogP contribution in [-0.4, -0.2) is 85.4 Å². The molecule has 0 aromatic heterocycles. The molecule has 61 heavy (non-hydrogen) atoms. The van der Waals surface area contributed by atoms with Gasteiger partial charge in [-0.15, -0.1) is 0 Å². The van der Waals surface area contributed by atoms with E-state index in [2.05, 4.69) is 37.5 Å². The summed E-state index contributed by atoms with van der Waals surface area (Å²) >= 11 is 0. The van der Waals surface area contributed by atoms with Crippen molar-refractivity contribution in [3.8, 4) is 0 Å². The van der Waals surface area contributed by atoms with E-state index in [1.807, 2.05) is 0 Å². The topological polar surface area (TPSA) is 79.3 Å². The standard InChI is InChI=1S/C54H106N2O5/c1-5-9-13-17-21-30-40-50(38-28-19-15-11-7-3)53(58)60-46-36-25-23-32-42-55(48-52(57)49-56-44-34-27-35-45-56)43-33-24-26-37-47-61-54(59)51(39-29-20-16-12-8-4)41-31-22-18-14-10-6-2/h50-52,57H,5-49H2,1-4H3. The molecular weight excluding hydrogens is 757 g/mol. The molecule has 0 aliphatic carbocycles. The highest BCUT2D eigenvalue weighted by atomic mass is 16.5. The van der Waals surface area contributed by atoms with Crippen LogP contribution in [0.3, 0.4) is 0 Å². The van der Waals surface area contributed by atoms with Crippen molar-refractivity contribution < 1.29 is 24.2 Å². The Balaban J connectivity index is 2.47. The van der Waals surface area contributed by atoms with Gasteiger partial charge in [-0.05, 0) is 90.4 Å². The second-order valence-electron chi connectivity index (χ2n) is 19.4. The monoisotopic (exact) mass is 863 g/mol. The molecule has 0 bridgehead atoms. The Hall–Kier alpha value is -1.18. The van der Waals surface area contributed by atoms with E-state index in [-0.39, 0.29) is 29.9 Å². The molecule has 1 heterocycles. The van der Waals surface area contributed by atoms with E-state index < -0.39 is 0 Å². The number of esters is 2. The number of carbonyl (C=O) groups excluding carboxylic acids is 2. The van der Waals surface area contributed by atoms with E-state index in [1.165, 1.54) is 135 Å². The Morgan fingerprint density at radius 3 is 1.16 bits per heavy atom. The molecule has 362 valence electrons. The Morgan fingerprint density at radius 1 is 0.459 bits per heavy atom. The van der Waals surface area contributed by atoms with Crippen LogP contribution < -0.4 is 0 Å². The first-order chi connectivity index (χ1) is 29.9. The number of rotatable bonds is 46. The summed E-state index contributed by atoms with van der Waals surface area (Å²) in [7, 11) is 0. The zero-order chi connectivity index (χ0) is 44.3. The molecular formula is C54H106N2O5. The smallest absolute Gasteiger partial charge is 0.308 e. The first-order valence-electron chi connectivity index (χ1n) is 27.4. The molecule has 0 aromatic carbocycles. The van der Waals surface area contributed by atoms with Crippen LogP contribution in [-0.2, 0) is 19.1 Å². The van der Waals surface area contributed by atoms with Crippen molar-refractivity contribution in [1.29, 1.82) is 0 Å². The maximum absolute atomic E-state index is 13.1. The summed E-state index contributed by atoms with van der Waals surface area (Å²) in [6.45, 7) is 15.9. The van der Waals surface area contributed by atoms with E-state index in [4.69, 9.17) is 9.47 Å². The number of β-amino-alcohol motifs (C(OH)–C–C–N with tert-alkyl or cyclic N) is 1. The molecule has 3 atom stereocenters. The van der Waals surface area contributed by atoms with Crippen LogP contribution in [0.15, 0.2) is 0 Å². The fourth-order valence-electron chi connectivity index (χ4n) is 9.34. The van der Waals surface area contributed by atoms with Gasteiger partial charge in [0.2, 0.25) is 0 Å². The lowest BCUT2D eigenvalue weighted by atomic mass is 9.94. The zero-order valence-electron chi connectivity index (χ0n) is 41.5. The maximum Gasteiger partial charge on any atom is 0.308 e. The van der Waals surface area contributed by atoms with Crippen molar-refractivity contribution in [3.63, 3.8) is 0 Å². The van der Waals surface area contributed by atoms with Gasteiger partial charge in [-0.2, -0.15) is 0 Å². The van der Waals surface area contributed by atoms with Gasteiger partial charge in [0.05, 0.1) is 31.2 Å². The number of unbranched alkanes of at least 4 members (excludes halogenated alkanes) is 24. The lowest BCUT2D eigenvalue weighted by molar-refractivity contribution is -0.150. The Labute approximate surface area is 380 Å². The van der Waals surface area contributed by atoms with E-state index in [0.29, 0.717) is 13.2 Å². The minimum absolute atomic E-state index is 0.0527. The fraction of sp³-hybridized carbons (Fsp3) is 0.963. The third-order valence-electron chi connectivity index (χ3n) is 13.4. The minimum atomic E-state index is -0.316. The van der Waals surface area contributed by atoms with Gasteiger partial charge in [0.25, 0.3) is 0 Å². The average molecular weight is 863 g/mol. The van der Waals surface area contributed by atoms with Crippen molar-refractivity contribution >= 4 is 11.9 Å². The molecule has 3 unspecified atom stereocenters. The third kappa shape index (κ3) is 35.8. The lowest BCUT2D eigenvalue weighted by Crippen LogP contribution is -2.42. The van der Waals surface area contributed by atoms with Gasteiger partial charge in [-0.3, -0.25) is 9.59 Å². The molecule has 0 amide bonds. The number of nitrogens with zero attached hydrogens (tertiary/aromatic N) is 2. The highest BCUT2D eigenvalue weighted by Gasteiger charge is 2.21. The number of hydrogen-bond donors (Lipinski definition) is 1. The van der Waals surface area contributed by atoms with Gasteiger partial charge in [-0.25, -0.2) is 0 Å². The summed E-state index contributed by atoms with van der Waals surface area (Å²) in [6, 6.07) is 0. The first-order valence-corrected chi connectivity index (χ1v) is 27.4. The van der Waals surface area contributed by atoms with Gasteiger partial charge in [-0.1, -0.05) is 201 Å². The lowest BCUT2D eigenvalue weighted by Gasteiger charge is -2.31. The highest BCUT2D eigenvalue weighted by Crippen LogP contribution is 2.23. The van der Waals surface area contributed by atoms with E-state index >= 15 is 0 Å². The SMILES string of the molecule is CCCCCCCCC(CCCCCCC)C(=O)OCCCCCCN(CCCCCCOC(=O)C(CCCCCCC)CCCCCCCC)CC(O)CN1CCCCC1.